The molecule has 0 saturated heterocycles. The van der Waals surface area contributed by atoms with Crippen LogP contribution in [0.5, 0.6) is 0 Å². The molecular formula is C14H21N5OS. The van der Waals surface area contributed by atoms with Gasteiger partial charge in [0.05, 0.1) is 5.75 Å². The fourth-order valence-electron chi connectivity index (χ4n) is 2.01. The van der Waals surface area contributed by atoms with Gasteiger partial charge in [-0.3, -0.25) is 4.79 Å². The number of amides is 1. The maximum atomic E-state index is 11.7. The average molecular weight is 307 g/mol. The quantitative estimate of drug-likeness (QED) is 0.592. The van der Waals surface area contributed by atoms with Crippen LogP contribution >= 0.6 is 11.8 Å². The number of nitrogens with zero attached hydrogens (tertiary/aromatic N) is 4. The van der Waals surface area contributed by atoms with Crippen LogP contribution in [0.4, 0.5) is 0 Å². The zero-order valence-corrected chi connectivity index (χ0v) is 13.3. The number of hydrogen-bond donors (Lipinski definition) is 1. The first kappa shape index (κ1) is 15.6. The van der Waals surface area contributed by atoms with E-state index in [2.05, 4.69) is 26.8 Å². The Morgan fingerprint density at radius 1 is 1.33 bits per heavy atom. The van der Waals surface area contributed by atoms with Gasteiger partial charge < -0.3 is 14.5 Å². The molecule has 0 unspecified atom stereocenters. The predicted molar refractivity (Wildman–Crippen MR) is 83.2 cm³/mol. The number of imidazole rings is 2. The molecule has 0 aliphatic rings. The van der Waals surface area contributed by atoms with Gasteiger partial charge in [-0.2, -0.15) is 0 Å². The van der Waals surface area contributed by atoms with Gasteiger partial charge in [0.25, 0.3) is 0 Å². The molecule has 114 valence electrons. The van der Waals surface area contributed by atoms with Crippen LogP contribution in [0.2, 0.25) is 0 Å². The molecule has 2 aromatic heterocycles. The van der Waals surface area contributed by atoms with E-state index in [-0.39, 0.29) is 5.91 Å². The molecule has 0 aliphatic heterocycles. The van der Waals surface area contributed by atoms with E-state index in [1.54, 1.807) is 6.20 Å². The second kappa shape index (κ2) is 7.87. The van der Waals surface area contributed by atoms with Gasteiger partial charge >= 0.3 is 0 Å². The number of carbonyl (C=O) groups is 1. The van der Waals surface area contributed by atoms with E-state index in [0.29, 0.717) is 12.3 Å². The van der Waals surface area contributed by atoms with Crippen molar-refractivity contribution in [1.29, 1.82) is 0 Å². The third-order valence-corrected chi connectivity index (χ3v) is 4.18. The predicted octanol–water partition coefficient (Wildman–Crippen LogP) is 1.48. The first-order chi connectivity index (χ1) is 10.2. The van der Waals surface area contributed by atoms with E-state index >= 15 is 0 Å². The number of thioether (sulfide) groups is 1. The van der Waals surface area contributed by atoms with E-state index < -0.39 is 0 Å². The summed E-state index contributed by atoms with van der Waals surface area (Å²) in [6.45, 7) is 3.66. The lowest BCUT2D eigenvalue weighted by Crippen LogP contribution is -2.27. The fraction of sp³-hybridized carbons (Fsp3) is 0.500. The highest BCUT2D eigenvalue weighted by Crippen LogP contribution is 2.13. The lowest BCUT2D eigenvalue weighted by atomic mass is 10.4. The molecule has 0 bridgehead atoms. The largest absolute Gasteiger partial charge is 0.355 e. The minimum absolute atomic E-state index is 0.0457. The van der Waals surface area contributed by atoms with Gasteiger partial charge in [-0.15, -0.1) is 0 Å². The van der Waals surface area contributed by atoms with E-state index in [4.69, 9.17) is 0 Å². The molecular weight excluding hydrogens is 286 g/mol. The Kier molecular flexibility index (Phi) is 5.86. The van der Waals surface area contributed by atoms with Crippen molar-refractivity contribution >= 4 is 17.7 Å². The molecule has 0 saturated carbocycles. The number of aryl methyl sites for hydroxylation is 3. The monoisotopic (exact) mass is 307 g/mol. The van der Waals surface area contributed by atoms with Crippen LogP contribution in [0, 0.1) is 0 Å². The summed E-state index contributed by atoms with van der Waals surface area (Å²) in [5.74, 6) is 1.53. The summed E-state index contributed by atoms with van der Waals surface area (Å²) in [6.07, 6.45) is 9.24. The van der Waals surface area contributed by atoms with Gasteiger partial charge in [0.2, 0.25) is 5.91 Å². The van der Waals surface area contributed by atoms with Crippen molar-refractivity contribution in [3.05, 3.63) is 30.6 Å². The number of carbonyl (C=O) groups excluding carboxylic acids is 1. The smallest absolute Gasteiger partial charge is 0.230 e. The Bertz CT molecular complexity index is 577. The van der Waals surface area contributed by atoms with Crippen molar-refractivity contribution < 1.29 is 4.79 Å². The number of rotatable bonds is 8. The second-order valence-electron chi connectivity index (χ2n) is 4.70. The van der Waals surface area contributed by atoms with Gasteiger partial charge in [0.1, 0.15) is 5.82 Å². The van der Waals surface area contributed by atoms with Crippen molar-refractivity contribution in [2.75, 3.05) is 12.3 Å². The van der Waals surface area contributed by atoms with Gasteiger partial charge in [-0.1, -0.05) is 18.7 Å². The van der Waals surface area contributed by atoms with E-state index in [1.165, 1.54) is 11.8 Å². The van der Waals surface area contributed by atoms with Crippen molar-refractivity contribution in [2.24, 2.45) is 7.05 Å². The first-order valence-corrected chi connectivity index (χ1v) is 8.06. The van der Waals surface area contributed by atoms with Crippen LogP contribution in [-0.2, 0) is 24.8 Å². The lowest BCUT2D eigenvalue weighted by molar-refractivity contribution is -0.118. The molecule has 6 nitrogen and oxygen atoms in total. The van der Waals surface area contributed by atoms with Crippen LogP contribution < -0.4 is 5.32 Å². The standard InChI is InChI=1S/C14H21N5OS/c1-3-12-15-7-10-19(12)8-4-5-16-13(20)11-21-14-17-6-9-18(14)2/h6-7,9-10H,3-5,8,11H2,1-2H3,(H,16,20). The third kappa shape index (κ3) is 4.63. The van der Waals surface area contributed by atoms with Crippen LogP contribution in [0.15, 0.2) is 29.9 Å². The van der Waals surface area contributed by atoms with E-state index in [0.717, 1.165) is 30.4 Å². The average Bonchev–Trinajstić information content (AvgIpc) is 3.10. The maximum Gasteiger partial charge on any atom is 0.230 e. The zero-order chi connectivity index (χ0) is 15.1. The Hall–Kier alpha value is -1.76. The topological polar surface area (TPSA) is 64.7 Å². The Balaban J connectivity index is 1.62. The summed E-state index contributed by atoms with van der Waals surface area (Å²) in [4.78, 5) is 20.2. The Labute approximate surface area is 129 Å². The van der Waals surface area contributed by atoms with Crippen molar-refractivity contribution in [1.82, 2.24) is 24.4 Å². The summed E-state index contributed by atoms with van der Waals surface area (Å²) in [5.41, 5.74) is 0. The molecule has 21 heavy (non-hydrogen) atoms. The molecule has 0 aliphatic carbocycles. The fourth-order valence-corrected chi connectivity index (χ4v) is 2.77. The summed E-state index contributed by atoms with van der Waals surface area (Å²) in [6, 6.07) is 0. The highest BCUT2D eigenvalue weighted by molar-refractivity contribution is 7.99. The minimum atomic E-state index is 0.0457. The molecule has 7 heteroatoms. The number of aromatic nitrogens is 4. The third-order valence-electron chi connectivity index (χ3n) is 3.13. The summed E-state index contributed by atoms with van der Waals surface area (Å²) < 4.78 is 4.04. The molecule has 0 aromatic carbocycles. The molecule has 0 fully saturated rings. The molecule has 2 aromatic rings. The van der Waals surface area contributed by atoms with Crippen molar-refractivity contribution in [3.63, 3.8) is 0 Å². The zero-order valence-electron chi connectivity index (χ0n) is 12.5. The van der Waals surface area contributed by atoms with Gasteiger partial charge in [-0.25, -0.2) is 9.97 Å². The van der Waals surface area contributed by atoms with E-state index in [9.17, 15) is 4.79 Å². The van der Waals surface area contributed by atoms with Crippen molar-refractivity contribution in [3.8, 4) is 0 Å². The molecule has 2 heterocycles. The lowest BCUT2D eigenvalue weighted by Gasteiger charge is -2.07. The van der Waals surface area contributed by atoms with Crippen LogP contribution in [0.25, 0.3) is 0 Å². The van der Waals surface area contributed by atoms with E-state index in [1.807, 2.05) is 30.2 Å². The van der Waals surface area contributed by atoms with Gasteiger partial charge in [-0.05, 0) is 6.42 Å². The maximum absolute atomic E-state index is 11.7. The molecule has 2 rings (SSSR count). The van der Waals surface area contributed by atoms with Crippen LogP contribution in [0.3, 0.4) is 0 Å². The highest BCUT2D eigenvalue weighted by atomic mass is 32.2. The molecule has 0 atom stereocenters. The second-order valence-corrected chi connectivity index (χ2v) is 5.65. The summed E-state index contributed by atoms with van der Waals surface area (Å²) >= 11 is 1.45. The van der Waals surface area contributed by atoms with Crippen LogP contribution in [-0.4, -0.2) is 37.3 Å². The summed E-state index contributed by atoms with van der Waals surface area (Å²) in [7, 11) is 1.92. The van der Waals surface area contributed by atoms with Crippen LogP contribution in [0.1, 0.15) is 19.2 Å². The Morgan fingerprint density at radius 3 is 2.86 bits per heavy atom. The highest BCUT2D eigenvalue weighted by Gasteiger charge is 2.05. The normalized spacial score (nSPS) is 10.8. The van der Waals surface area contributed by atoms with Gasteiger partial charge in [0.15, 0.2) is 5.16 Å². The molecule has 1 amide bonds. The SMILES string of the molecule is CCc1nccn1CCCNC(=O)CSc1nccn1C. The minimum Gasteiger partial charge on any atom is -0.355 e. The summed E-state index contributed by atoms with van der Waals surface area (Å²) in [5, 5.41) is 3.79. The molecule has 0 radical (unpaired) electrons. The Morgan fingerprint density at radius 2 is 2.14 bits per heavy atom. The first-order valence-electron chi connectivity index (χ1n) is 7.07. The number of nitrogens with one attached hydrogen (secondary N) is 1. The van der Waals surface area contributed by atoms with Gasteiger partial charge in [0, 0.05) is 51.3 Å². The number of hydrogen-bond acceptors (Lipinski definition) is 4. The molecule has 1 N–H and O–H groups in total. The van der Waals surface area contributed by atoms with Crippen molar-refractivity contribution in [2.45, 2.75) is 31.5 Å². The molecule has 0 spiro atoms.